The number of carbonyl (C=O) groups is 2. The van der Waals surface area contributed by atoms with E-state index in [-0.39, 0.29) is 31.5 Å². The average molecular weight is 232 g/mol. The third kappa shape index (κ3) is 5.67. The number of hydrogen-bond acceptors (Lipinski definition) is 4. The molecule has 1 atom stereocenters. The first kappa shape index (κ1) is 14.9. The largest absolute Gasteiger partial charge is 0.389 e. The Kier molecular flexibility index (Phi) is 6.67. The Bertz CT molecular complexity index is 245. The molecule has 94 valence electrons. The van der Waals surface area contributed by atoms with Crippen molar-refractivity contribution in [3.8, 4) is 0 Å². The van der Waals surface area contributed by atoms with E-state index in [9.17, 15) is 14.7 Å². The molecule has 0 saturated heterocycles. The van der Waals surface area contributed by atoms with Gasteiger partial charge in [-0.05, 0) is 0 Å². The molecule has 0 aliphatic heterocycles. The van der Waals surface area contributed by atoms with E-state index in [0.717, 1.165) is 0 Å². The van der Waals surface area contributed by atoms with E-state index in [2.05, 4.69) is 0 Å². The number of methoxy groups -OCH3 is 1. The van der Waals surface area contributed by atoms with Crippen molar-refractivity contribution in [3.63, 3.8) is 0 Å². The Hall–Kier alpha value is -1.14. The number of amides is 2. The zero-order valence-electron chi connectivity index (χ0n) is 10.3. The van der Waals surface area contributed by atoms with Gasteiger partial charge < -0.3 is 19.6 Å². The van der Waals surface area contributed by atoms with Crippen molar-refractivity contribution in [2.75, 3.05) is 40.9 Å². The summed E-state index contributed by atoms with van der Waals surface area (Å²) < 4.78 is 4.75. The van der Waals surface area contributed by atoms with E-state index in [1.807, 2.05) is 0 Å². The van der Waals surface area contributed by atoms with Gasteiger partial charge in [-0.1, -0.05) is 0 Å². The van der Waals surface area contributed by atoms with Gasteiger partial charge in [-0.25, -0.2) is 0 Å². The van der Waals surface area contributed by atoms with Gasteiger partial charge in [0.05, 0.1) is 19.3 Å². The monoisotopic (exact) mass is 232 g/mol. The molecular weight excluding hydrogens is 212 g/mol. The third-order valence-electron chi connectivity index (χ3n) is 2.18. The molecule has 0 aliphatic carbocycles. The number of hydrogen-bond donors (Lipinski definition) is 1. The molecule has 0 heterocycles. The highest BCUT2D eigenvalue weighted by Crippen LogP contribution is 1.94. The van der Waals surface area contributed by atoms with Crippen molar-refractivity contribution in [2.24, 2.45) is 0 Å². The first-order valence-corrected chi connectivity index (χ1v) is 5.01. The topological polar surface area (TPSA) is 70.1 Å². The summed E-state index contributed by atoms with van der Waals surface area (Å²) >= 11 is 0. The van der Waals surface area contributed by atoms with Gasteiger partial charge in [0.15, 0.2) is 0 Å². The molecule has 16 heavy (non-hydrogen) atoms. The second kappa shape index (κ2) is 7.19. The highest BCUT2D eigenvalue weighted by molar-refractivity contribution is 5.83. The zero-order valence-corrected chi connectivity index (χ0v) is 10.3. The summed E-state index contributed by atoms with van der Waals surface area (Å²) in [5.74, 6) is -0.382. The van der Waals surface area contributed by atoms with Crippen LogP contribution in [0, 0.1) is 0 Å². The fraction of sp³-hybridized carbons (Fsp3) is 0.800. The lowest BCUT2D eigenvalue weighted by Gasteiger charge is -2.23. The van der Waals surface area contributed by atoms with E-state index in [1.54, 1.807) is 14.1 Å². The fourth-order valence-corrected chi connectivity index (χ4v) is 1.10. The van der Waals surface area contributed by atoms with Crippen LogP contribution in [0.3, 0.4) is 0 Å². The van der Waals surface area contributed by atoms with Crippen LogP contribution in [0.4, 0.5) is 0 Å². The van der Waals surface area contributed by atoms with Crippen LogP contribution >= 0.6 is 0 Å². The summed E-state index contributed by atoms with van der Waals surface area (Å²) in [6.45, 7) is 1.79. The first-order valence-electron chi connectivity index (χ1n) is 5.01. The molecule has 1 unspecified atom stereocenters. The molecule has 0 saturated carbocycles. The molecule has 1 N–H and O–H groups in total. The normalized spacial score (nSPS) is 12.1. The van der Waals surface area contributed by atoms with Crippen LogP contribution < -0.4 is 0 Å². The quantitative estimate of drug-likeness (QED) is 0.633. The second-order valence-corrected chi connectivity index (χ2v) is 3.76. The molecule has 0 bridgehead atoms. The van der Waals surface area contributed by atoms with Gasteiger partial charge in [-0.2, -0.15) is 0 Å². The number of likely N-dealkylation sites (N-methyl/N-ethyl adjacent to an activating group) is 2. The summed E-state index contributed by atoms with van der Waals surface area (Å²) in [6.07, 6.45) is -0.707. The SMILES string of the molecule is COCC(O)CN(C)C(=O)CN(C)C(C)=O. The molecule has 6 nitrogen and oxygen atoms in total. The predicted molar refractivity (Wildman–Crippen MR) is 58.8 cm³/mol. The Morgan fingerprint density at radius 3 is 2.31 bits per heavy atom. The van der Waals surface area contributed by atoms with E-state index in [4.69, 9.17) is 4.74 Å². The Morgan fingerprint density at radius 1 is 1.31 bits per heavy atom. The van der Waals surface area contributed by atoms with Crippen LogP contribution in [0.5, 0.6) is 0 Å². The minimum absolute atomic E-state index is 0.0194. The number of ether oxygens (including phenoxy) is 1. The number of rotatable bonds is 6. The van der Waals surface area contributed by atoms with Crippen molar-refractivity contribution in [1.29, 1.82) is 0 Å². The standard InChI is InChI=1S/C10H20N2O4/c1-8(13)11(2)6-10(15)12(3)5-9(14)7-16-4/h9,14H,5-7H2,1-4H3. The van der Waals surface area contributed by atoms with Crippen molar-refractivity contribution in [2.45, 2.75) is 13.0 Å². The molecule has 2 amide bonds. The van der Waals surface area contributed by atoms with E-state index >= 15 is 0 Å². The Morgan fingerprint density at radius 2 is 1.88 bits per heavy atom. The maximum Gasteiger partial charge on any atom is 0.242 e. The van der Waals surface area contributed by atoms with Crippen molar-refractivity contribution < 1.29 is 19.4 Å². The average Bonchev–Trinajstić information content (AvgIpc) is 2.17. The minimum Gasteiger partial charge on any atom is -0.389 e. The zero-order chi connectivity index (χ0) is 12.7. The molecule has 0 aromatic heterocycles. The van der Waals surface area contributed by atoms with E-state index in [0.29, 0.717) is 0 Å². The fourth-order valence-electron chi connectivity index (χ4n) is 1.10. The van der Waals surface area contributed by atoms with Crippen LogP contribution in [0.15, 0.2) is 0 Å². The summed E-state index contributed by atoms with van der Waals surface area (Å²) in [5, 5.41) is 9.41. The molecule has 0 fully saturated rings. The Labute approximate surface area is 95.8 Å². The van der Waals surface area contributed by atoms with Crippen molar-refractivity contribution in [1.82, 2.24) is 9.80 Å². The lowest BCUT2D eigenvalue weighted by atomic mass is 10.3. The molecule has 0 aromatic rings. The maximum absolute atomic E-state index is 11.6. The van der Waals surface area contributed by atoms with E-state index < -0.39 is 6.10 Å². The van der Waals surface area contributed by atoms with Crippen LogP contribution in [0.1, 0.15) is 6.92 Å². The third-order valence-corrected chi connectivity index (χ3v) is 2.18. The van der Waals surface area contributed by atoms with Crippen LogP contribution in [0.25, 0.3) is 0 Å². The van der Waals surface area contributed by atoms with Gasteiger partial charge in [0.2, 0.25) is 11.8 Å². The summed E-state index contributed by atoms with van der Waals surface area (Å²) in [7, 11) is 4.61. The predicted octanol–water partition coefficient (Wildman–Crippen LogP) is -1.07. The lowest BCUT2D eigenvalue weighted by molar-refractivity contribution is -0.138. The van der Waals surface area contributed by atoms with Gasteiger partial charge in [-0.15, -0.1) is 0 Å². The van der Waals surface area contributed by atoms with Crippen LogP contribution in [-0.2, 0) is 14.3 Å². The van der Waals surface area contributed by atoms with Gasteiger partial charge in [0.25, 0.3) is 0 Å². The van der Waals surface area contributed by atoms with Gasteiger partial charge in [0, 0.05) is 34.7 Å². The lowest BCUT2D eigenvalue weighted by Crippen LogP contribution is -2.42. The summed E-state index contributed by atoms with van der Waals surface area (Å²) in [5.41, 5.74) is 0. The highest BCUT2D eigenvalue weighted by atomic mass is 16.5. The van der Waals surface area contributed by atoms with Crippen molar-refractivity contribution >= 4 is 11.8 Å². The molecule has 0 aromatic carbocycles. The van der Waals surface area contributed by atoms with Gasteiger partial charge in [0.1, 0.15) is 0 Å². The number of aliphatic hydroxyl groups excluding tert-OH is 1. The number of aliphatic hydroxyl groups is 1. The first-order chi connectivity index (χ1) is 7.38. The molecule has 6 heteroatoms. The summed E-state index contributed by atoms with van der Waals surface area (Å²) in [6, 6.07) is 0. The number of carbonyl (C=O) groups excluding carboxylic acids is 2. The second-order valence-electron chi connectivity index (χ2n) is 3.76. The summed E-state index contributed by atoms with van der Waals surface area (Å²) in [4.78, 5) is 25.2. The molecule has 0 aliphatic rings. The Balaban J connectivity index is 4.03. The molecular formula is C10H20N2O4. The van der Waals surface area contributed by atoms with E-state index in [1.165, 1.54) is 23.8 Å². The molecule has 0 spiro atoms. The number of nitrogens with zero attached hydrogens (tertiary/aromatic N) is 2. The van der Waals surface area contributed by atoms with Crippen molar-refractivity contribution in [3.05, 3.63) is 0 Å². The van der Waals surface area contributed by atoms with Gasteiger partial charge >= 0.3 is 0 Å². The molecule has 0 radical (unpaired) electrons. The maximum atomic E-state index is 11.6. The molecule has 0 rings (SSSR count). The van der Waals surface area contributed by atoms with Gasteiger partial charge in [-0.3, -0.25) is 9.59 Å². The smallest absolute Gasteiger partial charge is 0.242 e. The van der Waals surface area contributed by atoms with Crippen LogP contribution in [-0.4, -0.2) is 73.7 Å². The highest BCUT2D eigenvalue weighted by Gasteiger charge is 2.16. The van der Waals surface area contributed by atoms with Crippen LogP contribution in [0.2, 0.25) is 0 Å². The minimum atomic E-state index is -0.707.